The fraction of sp³-hybridized carbons (Fsp3) is 0.300. The summed E-state index contributed by atoms with van der Waals surface area (Å²) in [5.41, 5.74) is 0.543. The van der Waals surface area contributed by atoms with E-state index in [2.05, 4.69) is 0 Å². The van der Waals surface area contributed by atoms with Gasteiger partial charge in [-0.05, 0) is 42.8 Å². The Morgan fingerprint density at radius 3 is 2.64 bits per heavy atom. The second-order valence-corrected chi connectivity index (χ2v) is 6.52. The van der Waals surface area contributed by atoms with Crippen molar-refractivity contribution in [2.24, 2.45) is 0 Å². The lowest BCUT2D eigenvalue weighted by molar-refractivity contribution is -0.135. The van der Waals surface area contributed by atoms with E-state index in [0.29, 0.717) is 37.8 Å². The van der Waals surface area contributed by atoms with E-state index in [-0.39, 0.29) is 10.6 Å². The Bertz CT molecular complexity index is 889. The number of carbonyl (C=O) groups excluding carboxylic acids is 2. The zero-order valence-corrected chi connectivity index (χ0v) is 16.0. The van der Waals surface area contributed by atoms with Crippen molar-refractivity contribution in [3.05, 3.63) is 58.4 Å². The van der Waals surface area contributed by atoms with Crippen molar-refractivity contribution in [3.63, 3.8) is 0 Å². The third-order valence-corrected chi connectivity index (χ3v) is 4.42. The summed E-state index contributed by atoms with van der Waals surface area (Å²) in [6.07, 6.45) is 0. The molecule has 1 aliphatic rings. The third kappa shape index (κ3) is 4.72. The largest absolute Gasteiger partial charge is 0.486 e. The summed E-state index contributed by atoms with van der Waals surface area (Å²) in [4.78, 5) is 26.0. The van der Waals surface area contributed by atoms with Crippen molar-refractivity contribution in [1.29, 1.82) is 0 Å². The lowest BCUT2D eigenvalue weighted by Gasteiger charge is -2.23. The van der Waals surface area contributed by atoms with E-state index in [1.165, 1.54) is 11.0 Å². The number of hydrogen-bond acceptors (Lipinski definition) is 5. The normalized spacial score (nSPS) is 12.4. The highest BCUT2D eigenvalue weighted by molar-refractivity contribution is 6.30. The van der Waals surface area contributed by atoms with Crippen LogP contribution in [0.3, 0.4) is 0 Å². The molecule has 0 radical (unpaired) electrons. The highest BCUT2D eigenvalue weighted by Gasteiger charge is 2.19. The number of carbonyl (C=O) groups is 2. The van der Waals surface area contributed by atoms with Gasteiger partial charge in [-0.15, -0.1) is 0 Å². The fourth-order valence-electron chi connectivity index (χ4n) is 2.73. The van der Waals surface area contributed by atoms with E-state index in [1.807, 2.05) is 19.1 Å². The molecule has 148 valence electrons. The quantitative estimate of drug-likeness (QED) is 0.686. The number of hydrogen-bond donors (Lipinski definition) is 0. The Morgan fingerprint density at radius 1 is 1.14 bits per heavy atom. The average Bonchev–Trinajstić information content (AvgIpc) is 2.71. The molecule has 6 nitrogen and oxygen atoms in total. The molecule has 0 atom stereocenters. The summed E-state index contributed by atoms with van der Waals surface area (Å²) in [6, 6.07) is 9.01. The Kier molecular flexibility index (Phi) is 6.36. The van der Waals surface area contributed by atoms with Crippen LogP contribution in [0.5, 0.6) is 11.5 Å². The molecule has 0 unspecified atom stereocenters. The minimum atomic E-state index is -0.941. The van der Waals surface area contributed by atoms with Crippen LogP contribution in [0.2, 0.25) is 5.02 Å². The van der Waals surface area contributed by atoms with Gasteiger partial charge in [0.2, 0.25) is 0 Å². The number of likely N-dealkylation sites (N-methyl/N-ethyl adjacent to an activating group) is 1. The highest BCUT2D eigenvalue weighted by atomic mass is 35.5. The number of rotatable bonds is 6. The smallest absolute Gasteiger partial charge is 0.341 e. The van der Waals surface area contributed by atoms with Gasteiger partial charge in [-0.1, -0.05) is 17.7 Å². The van der Waals surface area contributed by atoms with Gasteiger partial charge in [-0.3, -0.25) is 4.79 Å². The molecule has 1 amide bonds. The third-order valence-electron chi connectivity index (χ3n) is 4.19. The van der Waals surface area contributed by atoms with E-state index in [4.69, 9.17) is 25.8 Å². The van der Waals surface area contributed by atoms with Crippen LogP contribution in [0.25, 0.3) is 0 Å². The number of amides is 1. The Labute approximate surface area is 166 Å². The maximum atomic E-state index is 13.7. The van der Waals surface area contributed by atoms with Crippen molar-refractivity contribution in [2.75, 3.05) is 26.4 Å². The zero-order valence-electron chi connectivity index (χ0n) is 15.2. The summed E-state index contributed by atoms with van der Waals surface area (Å²) in [6.45, 7) is 3.02. The predicted molar refractivity (Wildman–Crippen MR) is 100 cm³/mol. The van der Waals surface area contributed by atoms with E-state index >= 15 is 0 Å². The molecular formula is C20H19ClFNO5. The SMILES string of the molecule is CCN(Cc1ccc2c(c1)OCCO2)C(=O)COC(=O)c1cc(Cl)ccc1F. The molecule has 0 saturated carbocycles. The molecule has 28 heavy (non-hydrogen) atoms. The molecule has 0 saturated heterocycles. The summed E-state index contributed by atoms with van der Waals surface area (Å²) < 4.78 is 29.7. The standard InChI is InChI=1S/C20H19ClFNO5/c1-2-23(11-13-3-6-17-18(9-13)27-8-7-26-17)19(24)12-28-20(25)15-10-14(21)4-5-16(15)22/h3-6,9-10H,2,7-8,11-12H2,1H3. The molecule has 1 aliphatic heterocycles. The van der Waals surface area contributed by atoms with Gasteiger partial charge in [0.1, 0.15) is 19.0 Å². The second kappa shape index (κ2) is 8.93. The maximum Gasteiger partial charge on any atom is 0.341 e. The van der Waals surface area contributed by atoms with Gasteiger partial charge in [0.25, 0.3) is 5.91 Å². The first-order valence-corrected chi connectivity index (χ1v) is 9.14. The van der Waals surface area contributed by atoms with Gasteiger partial charge in [0.15, 0.2) is 18.1 Å². The summed E-state index contributed by atoms with van der Waals surface area (Å²) >= 11 is 5.77. The first-order valence-electron chi connectivity index (χ1n) is 8.76. The van der Waals surface area contributed by atoms with Crippen LogP contribution >= 0.6 is 11.6 Å². The molecule has 8 heteroatoms. The number of nitrogens with zero attached hydrogens (tertiary/aromatic N) is 1. The van der Waals surface area contributed by atoms with Crippen LogP contribution in [0.1, 0.15) is 22.8 Å². The molecule has 0 aromatic heterocycles. The van der Waals surface area contributed by atoms with Crippen LogP contribution in [0.15, 0.2) is 36.4 Å². The molecule has 0 spiro atoms. The van der Waals surface area contributed by atoms with E-state index in [9.17, 15) is 14.0 Å². The lowest BCUT2D eigenvalue weighted by Crippen LogP contribution is -2.34. The first kappa shape index (κ1) is 19.9. The van der Waals surface area contributed by atoms with Crippen LogP contribution in [-0.4, -0.2) is 43.1 Å². The van der Waals surface area contributed by atoms with Crippen LogP contribution in [-0.2, 0) is 16.1 Å². The maximum absolute atomic E-state index is 13.7. The molecule has 0 bridgehead atoms. The fourth-order valence-corrected chi connectivity index (χ4v) is 2.91. The number of ether oxygens (including phenoxy) is 3. The van der Waals surface area contributed by atoms with Gasteiger partial charge in [0.05, 0.1) is 5.56 Å². The van der Waals surface area contributed by atoms with Gasteiger partial charge in [0, 0.05) is 18.1 Å². The lowest BCUT2D eigenvalue weighted by atomic mass is 10.1. The summed E-state index contributed by atoms with van der Waals surface area (Å²) in [5, 5.41) is 0.202. The minimum Gasteiger partial charge on any atom is -0.486 e. The van der Waals surface area contributed by atoms with Crippen molar-refractivity contribution in [2.45, 2.75) is 13.5 Å². The Morgan fingerprint density at radius 2 is 1.89 bits per heavy atom. The second-order valence-electron chi connectivity index (χ2n) is 6.09. The summed E-state index contributed by atoms with van der Waals surface area (Å²) in [5.74, 6) is -0.792. The van der Waals surface area contributed by atoms with Gasteiger partial charge >= 0.3 is 5.97 Å². The van der Waals surface area contributed by atoms with Gasteiger partial charge in [-0.25, -0.2) is 9.18 Å². The first-order chi connectivity index (χ1) is 13.5. The highest BCUT2D eigenvalue weighted by Crippen LogP contribution is 2.31. The predicted octanol–water partition coefficient (Wildman–Crippen LogP) is 3.46. The van der Waals surface area contributed by atoms with Crippen molar-refractivity contribution < 1.29 is 28.2 Å². The number of fused-ring (bicyclic) bond motifs is 1. The number of benzene rings is 2. The van der Waals surface area contributed by atoms with Crippen LogP contribution < -0.4 is 9.47 Å². The molecule has 0 fully saturated rings. The summed E-state index contributed by atoms with van der Waals surface area (Å²) in [7, 11) is 0. The van der Waals surface area contributed by atoms with E-state index in [1.54, 1.807) is 6.07 Å². The van der Waals surface area contributed by atoms with Crippen LogP contribution in [0, 0.1) is 5.82 Å². The van der Waals surface area contributed by atoms with Crippen molar-refractivity contribution >= 4 is 23.5 Å². The van der Waals surface area contributed by atoms with Gasteiger partial charge in [-0.2, -0.15) is 0 Å². The molecule has 1 heterocycles. The van der Waals surface area contributed by atoms with Gasteiger partial charge < -0.3 is 19.1 Å². The van der Waals surface area contributed by atoms with Crippen molar-refractivity contribution in [1.82, 2.24) is 4.90 Å². The minimum absolute atomic E-state index is 0.202. The molecule has 2 aromatic rings. The molecule has 0 N–H and O–H groups in total. The molecular weight excluding hydrogens is 389 g/mol. The molecule has 3 rings (SSSR count). The average molecular weight is 408 g/mol. The number of esters is 1. The van der Waals surface area contributed by atoms with E-state index < -0.39 is 24.3 Å². The number of halogens is 2. The van der Waals surface area contributed by atoms with E-state index in [0.717, 1.165) is 17.7 Å². The Hall–Kier alpha value is -2.80. The van der Waals surface area contributed by atoms with Crippen molar-refractivity contribution in [3.8, 4) is 11.5 Å². The molecule has 2 aromatic carbocycles. The monoisotopic (exact) mass is 407 g/mol. The molecule has 0 aliphatic carbocycles. The zero-order chi connectivity index (χ0) is 20.1. The van der Waals surface area contributed by atoms with Crippen LogP contribution in [0.4, 0.5) is 4.39 Å². The topological polar surface area (TPSA) is 65.1 Å². The Balaban J connectivity index is 1.60.